The molecular weight excluding hydrogens is 192 g/mol. The summed E-state index contributed by atoms with van der Waals surface area (Å²) in [7, 11) is 0. The van der Waals surface area contributed by atoms with Crippen molar-refractivity contribution in [2.24, 2.45) is 5.73 Å². The second-order valence-electron chi connectivity index (χ2n) is 5.08. The highest BCUT2D eigenvalue weighted by Crippen LogP contribution is 2.39. The quantitative estimate of drug-likeness (QED) is 0.713. The molecule has 0 spiro atoms. The minimum atomic E-state index is 0.498. The number of fused-ring (bicyclic) bond motifs is 2. The third-order valence-electron chi connectivity index (χ3n) is 4.15. The normalized spacial score (nSPS) is 48.6. The zero-order valence-corrected chi connectivity index (χ0v) is 9.51. The highest BCUT2D eigenvalue weighted by molar-refractivity contribution is 7.99. The van der Waals surface area contributed by atoms with Crippen LogP contribution in [-0.2, 0) is 0 Å². The minimum Gasteiger partial charge on any atom is -0.328 e. The van der Waals surface area contributed by atoms with E-state index in [9.17, 15) is 0 Å². The van der Waals surface area contributed by atoms with Gasteiger partial charge in [-0.3, -0.25) is 4.90 Å². The zero-order valence-electron chi connectivity index (χ0n) is 8.69. The number of hydrogen-bond acceptors (Lipinski definition) is 3. The van der Waals surface area contributed by atoms with Crippen LogP contribution < -0.4 is 5.73 Å². The van der Waals surface area contributed by atoms with Gasteiger partial charge in [0, 0.05) is 29.9 Å². The summed E-state index contributed by atoms with van der Waals surface area (Å²) in [5.74, 6) is 2.76. The van der Waals surface area contributed by atoms with Crippen molar-refractivity contribution in [2.45, 2.75) is 56.3 Å². The van der Waals surface area contributed by atoms with E-state index >= 15 is 0 Å². The van der Waals surface area contributed by atoms with Crippen LogP contribution >= 0.6 is 11.8 Å². The third kappa shape index (κ3) is 1.50. The number of rotatable bonds is 1. The largest absolute Gasteiger partial charge is 0.328 e. The molecule has 3 aliphatic heterocycles. The van der Waals surface area contributed by atoms with Gasteiger partial charge in [-0.2, -0.15) is 11.8 Å². The molecule has 0 radical (unpaired) electrons. The van der Waals surface area contributed by atoms with Crippen molar-refractivity contribution in [1.29, 1.82) is 0 Å². The molecule has 14 heavy (non-hydrogen) atoms. The van der Waals surface area contributed by atoms with E-state index in [1.54, 1.807) is 0 Å². The molecule has 0 aromatic rings. The van der Waals surface area contributed by atoms with Crippen LogP contribution in [-0.4, -0.2) is 40.6 Å². The SMILES string of the molecule is NC1C[C@H]2CC[C@@H](C1)N2C1CCSC1. The van der Waals surface area contributed by atoms with Crippen LogP contribution in [0.4, 0.5) is 0 Å². The molecule has 3 saturated heterocycles. The topological polar surface area (TPSA) is 29.3 Å². The summed E-state index contributed by atoms with van der Waals surface area (Å²) < 4.78 is 0. The van der Waals surface area contributed by atoms with E-state index in [2.05, 4.69) is 16.7 Å². The molecule has 0 aliphatic carbocycles. The number of piperidine rings is 1. The average Bonchev–Trinajstić information content (AvgIpc) is 2.72. The van der Waals surface area contributed by atoms with Crippen LogP contribution in [0, 0.1) is 0 Å². The van der Waals surface area contributed by atoms with Crippen molar-refractivity contribution < 1.29 is 0 Å². The molecule has 2 N–H and O–H groups in total. The Morgan fingerprint density at radius 1 is 1.00 bits per heavy atom. The van der Waals surface area contributed by atoms with Gasteiger partial charge in [-0.05, 0) is 37.9 Å². The van der Waals surface area contributed by atoms with Crippen LogP contribution in [0.15, 0.2) is 0 Å². The van der Waals surface area contributed by atoms with E-state index < -0.39 is 0 Å². The summed E-state index contributed by atoms with van der Waals surface area (Å²) in [6, 6.07) is 3.07. The van der Waals surface area contributed by atoms with Crippen molar-refractivity contribution >= 4 is 11.8 Å². The van der Waals surface area contributed by atoms with Gasteiger partial charge in [-0.1, -0.05) is 0 Å². The van der Waals surface area contributed by atoms with Crippen molar-refractivity contribution in [1.82, 2.24) is 4.90 Å². The van der Waals surface area contributed by atoms with E-state index in [1.807, 2.05) is 0 Å². The lowest BCUT2D eigenvalue weighted by molar-refractivity contribution is 0.0888. The molecule has 4 atom stereocenters. The van der Waals surface area contributed by atoms with Gasteiger partial charge >= 0.3 is 0 Å². The van der Waals surface area contributed by atoms with Crippen LogP contribution in [0.1, 0.15) is 32.1 Å². The molecule has 80 valence electrons. The Bertz CT molecular complexity index is 201. The summed E-state index contributed by atoms with van der Waals surface area (Å²) >= 11 is 2.14. The number of nitrogens with zero attached hydrogens (tertiary/aromatic N) is 1. The van der Waals surface area contributed by atoms with Gasteiger partial charge in [-0.25, -0.2) is 0 Å². The minimum absolute atomic E-state index is 0.498. The maximum Gasteiger partial charge on any atom is 0.0200 e. The lowest BCUT2D eigenvalue weighted by atomic mass is 9.96. The summed E-state index contributed by atoms with van der Waals surface area (Å²) in [5.41, 5.74) is 6.08. The molecule has 0 amide bonds. The van der Waals surface area contributed by atoms with Gasteiger partial charge in [-0.15, -0.1) is 0 Å². The molecule has 3 heterocycles. The van der Waals surface area contributed by atoms with Gasteiger partial charge in [0.2, 0.25) is 0 Å². The van der Waals surface area contributed by atoms with Gasteiger partial charge in [0.1, 0.15) is 0 Å². The van der Waals surface area contributed by atoms with Gasteiger partial charge < -0.3 is 5.73 Å². The van der Waals surface area contributed by atoms with Crippen LogP contribution in [0.3, 0.4) is 0 Å². The Kier molecular flexibility index (Phi) is 2.50. The Morgan fingerprint density at radius 3 is 2.29 bits per heavy atom. The average molecular weight is 212 g/mol. The van der Waals surface area contributed by atoms with Crippen molar-refractivity contribution in [2.75, 3.05) is 11.5 Å². The Balaban J connectivity index is 1.74. The zero-order chi connectivity index (χ0) is 9.54. The fourth-order valence-corrected chi connectivity index (χ4v) is 4.83. The Morgan fingerprint density at radius 2 is 1.71 bits per heavy atom. The molecular formula is C11H20N2S. The molecule has 3 rings (SSSR count). The molecule has 2 bridgehead atoms. The molecule has 3 aliphatic rings. The smallest absolute Gasteiger partial charge is 0.0200 e. The van der Waals surface area contributed by atoms with Crippen molar-refractivity contribution in [3.63, 3.8) is 0 Å². The summed E-state index contributed by atoms with van der Waals surface area (Å²) in [5, 5.41) is 0. The molecule has 0 aromatic carbocycles. The second kappa shape index (κ2) is 3.69. The molecule has 2 unspecified atom stereocenters. The fourth-order valence-electron chi connectivity index (χ4n) is 3.61. The maximum absolute atomic E-state index is 6.08. The summed E-state index contributed by atoms with van der Waals surface area (Å²) in [6.07, 6.45) is 6.78. The Labute approximate surface area is 90.6 Å². The molecule has 0 aromatic heterocycles. The lowest BCUT2D eigenvalue weighted by Crippen LogP contribution is -2.52. The number of thioether (sulfide) groups is 1. The third-order valence-corrected chi connectivity index (χ3v) is 5.30. The molecule has 3 heteroatoms. The summed E-state index contributed by atoms with van der Waals surface area (Å²) in [6.45, 7) is 0. The van der Waals surface area contributed by atoms with Gasteiger partial charge in [0.05, 0.1) is 0 Å². The maximum atomic E-state index is 6.08. The van der Waals surface area contributed by atoms with E-state index in [0.717, 1.165) is 18.1 Å². The first-order chi connectivity index (χ1) is 6.84. The van der Waals surface area contributed by atoms with Crippen molar-refractivity contribution in [3.05, 3.63) is 0 Å². The standard InChI is InChI=1S/C11H20N2S/c12-8-5-9-1-2-10(6-8)13(9)11-3-4-14-7-11/h8-11H,1-7,12H2/t8?,9-,10+,11?. The van der Waals surface area contributed by atoms with E-state index in [1.165, 1.54) is 43.6 Å². The molecule has 3 fully saturated rings. The van der Waals surface area contributed by atoms with Crippen LogP contribution in [0.25, 0.3) is 0 Å². The molecule has 2 nitrogen and oxygen atoms in total. The van der Waals surface area contributed by atoms with E-state index in [0.29, 0.717) is 6.04 Å². The predicted molar refractivity (Wildman–Crippen MR) is 61.6 cm³/mol. The number of nitrogens with two attached hydrogens (primary N) is 1. The highest BCUT2D eigenvalue weighted by Gasteiger charge is 2.43. The van der Waals surface area contributed by atoms with Crippen molar-refractivity contribution in [3.8, 4) is 0 Å². The Hall–Kier alpha value is 0.270. The predicted octanol–water partition coefficient (Wildman–Crippen LogP) is 1.45. The molecule has 0 saturated carbocycles. The fraction of sp³-hybridized carbons (Fsp3) is 1.00. The lowest BCUT2D eigenvalue weighted by Gasteiger charge is -2.41. The van der Waals surface area contributed by atoms with Crippen LogP contribution in [0.5, 0.6) is 0 Å². The number of hydrogen-bond donors (Lipinski definition) is 1. The monoisotopic (exact) mass is 212 g/mol. The first-order valence-electron chi connectivity index (χ1n) is 5.95. The van der Waals surface area contributed by atoms with Gasteiger partial charge in [0.15, 0.2) is 0 Å². The first-order valence-corrected chi connectivity index (χ1v) is 7.11. The summed E-state index contributed by atoms with van der Waals surface area (Å²) in [4.78, 5) is 2.84. The highest BCUT2D eigenvalue weighted by atomic mass is 32.2. The van der Waals surface area contributed by atoms with Gasteiger partial charge in [0.25, 0.3) is 0 Å². The van der Waals surface area contributed by atoms with Crippen LogP contribution in [0.2, 0.25) is 0 Å². The first kappa shape index (κ1) is 9.49. The second-order valence-corrected chi connectivity index (χ2v) is 6.23. The van der Waals surface area contributed by atoms with E-state index in [-0.39, 0.29) is 0 Å². The van der Waals surface area contributed by atoms with E-state index in [4.69, 9.17) is 5.73 Å².